The van der Waals surface area contributed by atoms with Crippen molar-refractivity contribution in [2.45, 2.75) is 26.3 Å². The molecule has 6 nitrogen and oxygen atoms in total. The van der Waals surface area contributed by atoms with Crippen molar-refractivity contribution in [2.24, 2.45) is 11.8 Å². The van der Waals surface area contributed by atoms with E-state index in [4.69, 9.17) is 4.74 Å². The lowest BCUT2D eigenvalue weighted by atomic mass is 10.0. The molecule has 0 bridgehead atoms. The third kappa shape index (κ3) is 6.99. The standard InChI is InChI=1S/C24H30BrN3O3/c1-17(2)23(27-22(29)16-31-21-9-4-3-5-10-21)24(30)26-14-18-11-12-28(15-18)20-8-6-7-19(25)13-20/h3-10,13,17-18,23H,11-12,14-16H2,1-2H3,(H,26,30)(H,27,29). The van der Waals surface area contributed by atoms with Crippen LogP contribution < -0.4 is 20.3 Å². The molecule has 2 N–H and O–H groups in total. The van der Waals surface area contributed by atoms with Crippen LogP contribution in [0.2, 0.25) is 0 Å². The number of ether oxygens (including phenoxy) is 1. The normalized spacial score (nSPS) is 16.8. The van der Waals surface area contributed by atoms with Gasteiger partial charge in [-0.15, -0.1) is 0 Å². The van der Waals surface area contributed by atoms with Crippen LogP contribution >= 0.6 is 15.9 Å². The molecule has 166 valence electrons. The maximum absolute atomic E-state index is 12.8. The highest BCUT2D eigenvalue weighted by Crippen LogP contribution is 2.26. The number of rotatable bonds is 9. The minimum atomic E-state index is -0.588. The predicted molar refractivity (Wildman–Crippen MR) is 126 cm³/mol. The van der Waals surface area contributed by atoms with Crippen molar-refractivity contribution < 1.29 is 14.3 Å². The molecule has 2 aromatic carbocycles. The van der Waals surface area contributed by atoms with Gasteiger partial charge in [0.1, 0.15) is 11.8 Å². The highest BCUT2D eigenvalue weighted by molar-refractivity contribution is 9.10. The van der Waals surface area contributed by atoms with Gasteiger partial charge in [-0.1, -0.05) is 54.0 Å². The van der Waals surface area contributed by atoms with E-state index in [1.807, 2.05) is 44.2 Å². The number of nitrogens with one attached hydrogen (secondary N) is 2. The van der Waals surface area contributed by atoms with Crippen LogP contribution in [-0.4, -0.2) is 44.1 Å². The zero-order chi connectivity index (χ0) is 22.2. The summed E-state index contributed by atoms with van der Waals surface area (Å²) in [6.07, 6.45) is 1.02. The molecular weight excluding hydrogens is 458 g/mol. The number of amides is 2. The highest BCUT2D eigenvalue weighted by Gasteiger charge is 2.27. The number of carbonyl (C=O) groups excluding carboxylic acids is 2. The van der Waals surface area contributed by atoms with Crippen LogP contribution in [0.1, 0.15) is 20.3 Å². The average Bonchev–Trinajstić information content (AvgIpc) is 3.24. The summed E-state index contributed by atoms with van der Waals surface area (Å²) < 4.78 is 6.54. The summed E-state index contributed by atoms with van der Waals surface area (Å²) in [5, 5.41) is 5.85. The van der Waals surface area contributed by atoms with Gasteiger partial charge in [0.15, 0.2) is 6.61 Å². The first-order valence-corrected chi connectivity index (χ1v) is 11.5. The van der Waals surface area contributed by atoms with Crippen LogP contribution in [0, 0.1) is 11.8 Å². The Labute approximate surface area is 192 Å². The third-order valence-corrected chi connectivity index (χ3v) is 5.90. The Morgan fingerprint density at radius 2 is 1.94 bits per heavy atom. The zero-order valence-electron chi connectivity index (χ0n) is 18.0. The van der Waals surface area contributed by atoms with Crippen molar-refractivity contribution in [3.63, 3.8) is 0 Å². The lowest BCUT2D eigenvalue weighted by molar-refractivity contribution is -0.131. The van der Waals surface area contributed by atoms with E-state index >= 15 is 0 Å². The lowest BCUT2D eigenvalue weighted by Crippen LogP contribution is -2.51. The molecule has 3 rings (SSSR count). The Morgan fingerprint density at radius 3 is 2.65 bits per heavy atom. The zero-order valence-corrected chi connectivity index (χ0v) is 19.6. The Kier molecular flexibility index (Phi) is 8.35. The smallest absolute Gasteiger partial charge is 0.258 e. The van der Waals surface area contributed by atoms with Crippen molar-refractivity contribution in [3.8, 4) is 5.75 Å². The molecule has 1 aliphatic rings. The van der Waals surface area contributed by atoms with E-state index in [0.717, 1.165) is 24.0 Å². The first kappa shape index (κ1) is 23.1. The fourth-order valence-electron chi connectivity index (χ4n) is 3.68. The minimum absolute atomic E-state index is 0.0255. The first-order chi connectivity index (χ1) is 14.9. The largest absolute Gasteiger partial charge is 0.484 e. The van der Waals surface area contributed by atoms with Crippen molar-refractivity contribution in [1.82, 2.24) is 10.6 Å². The van der Waals surface area contributed by atoms with Gasteiger partial charge in [-0.25, -0.2) is 0 Å². The van der Waals surface area contributed by atoms with Gasteiger partial charge in [-0.2, -0.15) is 0 Å². The van der Waals surface area contributed by atoms with E-state index in [9.17, 15) is 9.59 Å². The average molecular weight is 488 g/mol. The number of anilines is 1. The third-order valence-electron chi connectivity index (χ3n) is 5.40. The monoisotopic (exact) mass is 487 g/mol. The summed E-state index contributed by atoms with van der Waals surface area (Å²) in [4.78, 5) is 27.4. The fourth-order valence-corrected chi connectivity index (χ4v) is 4.06. The van der Waals surface area contributed by atoms with Crippen LogP contribution in [0.15, 0.2) is 59.1 Å². The second-order valence-corrected chi connectivity index (χ2v) is 9.13. The fraction of sp³-hybridized carbons (Fsp3) is 0.417. The van der Waals surface area contributed by atoms with Crippen LogP contribution in [0.4, 0.5) is 5.69 Å². The van der Waals surface area contributed by atoms with Gasteiger partial charge < -0.3 is 20.3 Å². The summed E-state index contributed by atoms with van der Waals surface area (Å²) in [7, 11) is 0. The van der Waals surface area contributed by atoms with Crippen LogP contribution in [-0.2, 0) is 9.59 Å². The van der Waals surface area contributed by atoms with Crippen molar-refractivity contribution in [1.29, 1.82) is 0 Å². The molecule has 0 radical (unpaired) electrons. The van der Waals surface area contributed by atoms with Gasteiger partial charge >= 0.3 is 0 Å². The molecule has 31 heavy (non-hydrogen) atoms. The van der Waals surface area contributed by atoms with Crippen LogP contribution in [0.5, 0.6) is 5.75 Å². The predicted octanol–water partition coefficient (Wildman–Crippen LogP) is 3.61. The molecule has 1 aliphatic heterocycles. The number of hydrogen-bond donors (Lipinski definition) is 2. The molecule has 2 amide bonds. The quantitative estimate of drug-likeness (QED) is 0.566. The van der Waals surface area contributed by atoms with E-state index in [1.165, 1.54) is 5.69 Å². The van der Waals surface area contributed by atoms with E-state index in [1.54, 1.807) is 12.1 Å². The van der Waals surface area contributed by atoms with E-state index in [2.05, 4.69) is 43.6 Å². The number of nitrogens with zero attached hydrogens (tertiary/aromatic N) is 1. The van der Waals surface area contributed by atoms with E-state index in [0.29, 0.717) is 18.2 Å². The summed E-state index contributed by atoms with van der Waals surface area (Å²) in [5.41, 5.74) is 1.19. The topological polar surface area (TPSA) is 70.7 Å². The molecule has 2 atom stereocenters. The molecule has 1 saturated heterocycles. The van der Waals surface area contributed by atoms with Crippen LogP contribution in [0.3, 0.4) is 0 Å². The molecule has 2 unspecified atom stereocenters. The van der Waals surface area contributed by atoms with Crippen molar-refractivity contribution in [2.75, 3.05) is 31.1 Å². The van der Waals surface area contributed by atoms with Crippen LogP contribution in [0.25, 0.3) is 0 Å². The molecule has 0 aromatic heterocycles. The van der Waals surface area contributed by atoms with Crippen molar-refractivity contribution >= 4 is 33.4 Å². The maximum Gasteiger partial charge on any atom is 0.258 e. The Bertz CT molecular complexity index is 875. The number of carbonyl (C=O) groups is 2. The van der Waals surface area contributed by atoms with Gasteiger partial charge in [0.05, 0.1) is 0 Å². The molecule has 0 aliphatic carbocycles. The molecule has 0 saturated carbocycles. The Balaban J connectivity index is 1.45. The number of hydrogen-bond acceptors (Lipinski definition) is 4. The summed E-state index contributed by atoms with van der Waals surface area (Å²) in [5.74, 6) is 0.526. The van der Waals surface area contributed by atoms with E-state index in [-0.39, 0.29) is 24.3 Å². The molecule has 1 heterocycles. The number of halogens is 1. The van der Waals surface area contributed by atoms with Gasteiger partial charge in [-0.3, -0.25) is 9.59 Å². The maximum atomic E-state index is 12.8. The molecule has 0 spiro atoms. The highest BCUT2D eigenvalue weighted by atomic mass is 79.9. The Morgan fingerprint density at radius 1 is 1.16 bits per heavy atom. The van der Waals surface area contributed by atoms with E-state index < -0.39 is 6.04 Å². The summed E-state index contributed by atoms with van der Waals surface area (Å²) in [6, 6.07) is 16.8. The van der Waals surface area contributed by atoms with Gasteiger partial charge in [0.25, 0.3) is 5.91 Å². The second kappa shape index (κ2) is 11.2. The molecule has 1 fully saturated rings. The lowest BCUT2D eigenvalue weighted by Gasteiger charge is -2.23. The van der Waals surface area contributed by atoms with Gasteiger partial charge in [0.2, 0.25) is 5.91 Å². The van der Waals surface area contributed by atoms with Gasteiger partial charge in [-0.05, 0) is 48.6 Å². The second-order valence-electron chi connectivity index (χ2n) is 8.22. The summed E-state index contributed by atoms with van der Waals surface area (Å²) >= 11 is 3.52. The molecule has 2 aromatic rings. The number of benzene rings is 2. The molecular formula is C24H30BrN3O3. The molecule has 7 heteroatoms. The Hall–Kier alpha value is -2.54. The number of para-hydroxylation sites is 1. The van der Waals surface area contributed by atoms with Crippen molar-refractivity contribution in [3.05, 3.63) is 59.1 Å². The first-order valence-electron chi connectivity index (χ1n) is 10.7. The SMILES string of the molecule is CC(C)C(NC(=O)COc1ccccc1)C(=O)NCC1CCN(c2cccc(Br)c2)C1. The minimum Gasteiger partial charge on any atom is -0.484 e. The van der Waals surface area contributed by atoms with Gasteiger partial charge in [0, 0.05) is 29.8 Å². The summed E-state index contributed by atoms with van der Waals surface area (Å²) in [6.45, 7) is 6.20.